The first kappa shape index (κ1) is 10.8. The highest BCUT2D eigenvalue weighted by Gasteiger charge is 2.06. The van der Waals surface area contributed by atoms with E-state index in [1.54, 1.807) is 22.7 Å². The Morgan fingerprint density at radius 1 is 1.47 bits per heavy atom. The van der Waals surface area contributed by atoms with E-state index >= 15 is 0 Å². The fraction of sp³-hybridized carbons (Fsp3) is 0.200. The highest BCUT2D eigenvalue weighted by Crippen LogP contribution is 2.31. The average molecular weight is 299 g/mol. The van der Waals surface area contributed by atoms with Crippen LogP contribution < -0.4 is 0 Å². The topological polar surface area (TPSA) is 36.7 Å². The largest absolute Gasteiger partial charge is 0.240 e. The van der Waals surface area contributed by atoms with E-state index < -0.39 is 0 Å². The molecule has 0 aliphatic carbocycles. The lowest BCUT2D eigenvalue weighted by molar-refractivity contribution is 0.991. The number of nitrogens with zero attached hydrogens (tertiary/aromatic N) is 2. The molecule has 0 amide bonds. The number of rotatable bonds is 3. The van der Waals surface area contributed by atoms with Gasteiger partial charge in [0.25, 0.3) is 0 Å². The first-order valence-corrected chi connectivity index (χ1v) is 6.85. The fourth-order valence-electron chi connectivity index (χ4n) is 1.15. The number of hydrogen-bond acceptors (Lipinski definition) is 4. The molecule has 0 atom stereocenters. The molecule has 0 bridgehead atoms. The lowest BCUT2D eigenvalue weighted by Crippen LogP contribution is -1.81. The summed E-state index contributed by atoms with van der Waals surface area (Å²) in [6, 6.07) is 6.21. The summed E-state index contributed by atoms with van der Waals surface area (Å²) in [7, 11) is 0. The van der Waals surface area contributed by atoms with Gasteiger partial charge in [0.1, 0.15) is 0 Å². The molecule has 0 unspecified atom stereocenters. The van der Waals surface area contributed by atoms with Crippen LogP contribution in [0.1, 0.15) is 11.4 Å². The second-order valence-electron chi connectivity index (χ2n) is 2.89. The Hall–Kier alpha value is -0.700. The molecule has 2 rings (SSSR count). The lowest BCUT2D eigenvalue weighted by atomic mass is 10.3. The molecule has 0 fully saturated rings. The Morgan fingerprint density at radius 2 is 2.33 bits per heavy atom. The van der Waals surface area contributed by atoms with Crippen LogP contribution in [-0.4, -0.2) is 4.98 Å². The van der Waals surface area contributed by atoms with Gasteiger partial charge in [-0.25, -0.2) is 4.98 Å². The van der Waals surface area contributed by atoms with E-state index in [-0.39, 0.29) is 0 Å². The molecule has 2 aromatic heterocycles. The van der Waals surface area contributed by atoms with Gasteiger partial charge in [-0.3, -0.25) is 0 Å². The second-order valence-corrected chi connectivity index (χ2v) is 6.29. The van der Waals surface area contributed by atoms with Crippen LogP contribution in [0.5, 0.6) is 0 Å². The molecule has 2 aromatic rings. The molecule has 15 heavy (non-hydrogen) atoms. The number of thiophene rings is 1. The molecule has 5 heteroatoms. The van der Waals surface area contributed by atoms with E-state index in [0.29, 0.717) is 6.42 Å². The molecule has 76 valence electrons. The van der Waals surface area contributed by atoms with Crippen molar-refractivity contribution in [1.29, 1.82) is 5.26 Å². The standard InChI is InChI=1S/C10H7BrN2S2/c11-9-4-3-8(15-9)7-6-14-10(13-7)2-1-5-12/h3-4,6H,1-2H2. The molecular formula is C10H7BrN2S2. The van der Waals surface area contributed by atoms with Gasteiger partial charge in [0.15, 0.2) is 0 Å². The predicted molar refractivity (Wildman–Crippen MR) is 67.1 cm³/mol. The third-order valence-electron chi connectivity index (χ3n) is 1.83. The van der Waals surface area contributed by atoms with E-state index in [1.807, 2.05) is 11.4 Å². The molecule has 2 nitrogen and oxygen atoms in total. The Bertz CT molecular complexity index is 495. The molecule has 0 aliphatic heterocycles. The first-order valence-electron chi connectivity index (χ1n) is 4.36. The Kier molecular flexibility index (Phi) is 3.52. The van der Waals surface area contributed by atoms with Crippen molar-refractivity contribution >= 4 is 38.6 Å². The van der Waals surface area contributed by atoms with Gasteiger partial charge in [-0.1, -0.05) is 0 Å². The zero-order valence-corrected chi connectivity index (χ0v) is 11.0. The number of hydrogen-bond donors (Lipinski definition) is 0. The van der Waals surface area contributed by atoms with Gasteiger partial charge in [-0.15, -0.1) is 22.7 Å². The molecule has 0 saturated heterocycles. The Labute approximate surface area is 104 Å². The van der Waals surface area contributed by atoms with Crippen LogP contribution in [0, 0.1) is 11.3 Å². The second kappa shape index (κ2) is 4.88. The van der Waals surface area contributed by atoms with Crippen molar-refractivity contribution in [2.24, 2.45) is 0 Å². The number of aryl methyl sites for hydroxylation is 1. The summed E-state index contributed by atoms with van der Waals surface area (Å²) in [6.07, 6.45) is 1.30. The van der Waals surface area contributed by atoms with Crippen LogP contribution in [-0.2, 0) is 6.42 Å². The number of aromatic nitrogens is 1. The van der Waals surface area contributed by atoms with Gasteiger partial charge in [0, 0.05) is 18.2 Å². The van der Waals surface area contributed by atoms with Crippen LogP contribution in [0.2, 0.25) is 0 Å². The third-order valence-corrected chi connectivity index (χ3v) is 4.38. The summed E-state index contributed by atoms with van der Waals surface area (Å²) >= 11 is 6.73. The van der Waals surface area contributed by atoms with Crippen LogP contribution in [0.4, 0.5) is 0 Å². The van der Waals surface area contributed by atoms with E-state index in [2.05, 4.69) is 33.0 Å². The number of thiazole rings is 1. The minimum atomic E-state index is 0.543. The monoisotopic (exact) mass is 298 g/mol. The van der Waals surface area contributed by atoms with E-state index in [9.17, 15) is 0 Å². The maximum Gasteiger partial charge on any atom is 0.0943 e. The smallest absolute Gasteiger partial charge is 0.0943 e. The summed E-state index contributed by atoms with van der Waals surface area (Å²) in [6.45, 7) is 0. The molecule has 0 saturated carbocycles. The van der Waals surface area contributed by atoms with Crippen molar-refractivity contribution in [2.45, 2.75) is 12.8 Å². The van der Waals surface area contributed by atoms with Crippen molar-refractivity contribution in [2.75, 3.05) is 0 Å². The maximum atomic E-state index is 8.48. The quantitative estimate of drug-likeness (QED) is 0.856. The molecule has 0 aliphatic rings. The van der Waals surface area contributed by atoms with Crippen molar-refractivity contribution in [3.63, 3.8) is 0 Å². The highest BCUT2D eigenvalue weighted by molar-refractivity contribution is 9.11. The van der Waals surface area contributed by atoms with Crippen molar-refractivity contribution in [3.8, 4) is 16.6 Å². The van der Waals surface area contributed by atoms with Crippen molar-refractivity contribution < 1.29 is 0 Å². The normalized spacial score (nSPS) is 10.1. The van der Waals surface area contributed by atoms with E-state index in [0.717, 1.165) is 20.9 Å². The number of halogens is 1. The molecule has 0 aromatic carbocycles. The summed E-state index contributed by atoms with van der Waals surface area (Å²) in [5, 5.41) is 11.6. The Morgan fingerprint density at radius 3 is 3.00 bits per heavy atom. The summed E-state index contributed by atoms with van der Waals surface area (Å²) in [5.41, 5.74) is 1.02. The SMILES string of the molecule is N#CCCc1nc(-c2ccc(Br)s2)cs1. The summed E-state index contributed by atoms with van der Waals surface area (Å²) in [5.74, 6) is 0. The molecule has 2 heterocycles. The van der Waals surface area contributed by atoms with Crippen LogP contribution in [0.3, 0.4) is 0 Å². The van der Waals surface area contributed by atoms with Crippen molar-refractivity contribution in [1.82, 2.24) is 4.98 Å². The highest BCUT2D eigenvalue weighted by atomic mass is 79.9. The van der Waals surface area contributed by atoms with Crippen LogP contribution in [0.25, 0.3) is 10.6 Å². The third kappa shape index (κ3) is 2.65. The van der Waals surface area contributed by atoms with Gasteiger partial charge >= 0.3 is 0 Å². The molecule has 0 radical (unpaired) electrons. The van der Waals surface area contributed by atoms with Gasteiger partial charge < -0.3 is 0 Å². The zero-order valence-electron chi connectivity index (χ0n) is 7.74. The van der Waals surface area contributed by atoms with E-state index in [1.165, 1.54) is 4.88 Å². The van der Waals surface area contributed by atoms with Gasteiger partial charge in [0.05, 0.1) is 25.4 Å². The summed E-state index contributed by atoms with van der Waals surface area (Å²) in [4.78, 5) is 5.66. The zero-order chi connectivity index (χ0) is 10.7. The Balaban J connectivity index is 2.17. The van der Waals surface area contributed by atoms with Crippen molar-refractivity contribution in [3.05, 3.63) is 26.3 Å². The minimum absolute atomic E-state index is 0.543. The van der Waals surface area contributed by atoms with Crippen LogP contribution in [0.15, 0.2) is 21.3 Å². The van der Waals surface area contributed by atoms with Crippen LogP contribution >= 0.6 is 38.6 Å². The first-order chi connectivity index (χ1) is 7.29. The molecular weight excluding hydrogens is 292 g/mol. The minimum Gasteiger partial charge on any atom is -0.240 e. The van der Waals surface area contributed by atoms with E-state index in [4.69, 9.17) is 5.26 Å². The van der Waals surface area contributed by atoms with Gasteiger partial charge in [-0.05, 0) is 28.1 Å². The predicted octanol–water partition coefficient (Wildman–Crippen LogP) is 4.09. The molecule has 0 N–H and O–H groups in total. The average Bonchev–Trinajstić information content (AvgIpc) is 2.83. The summed E-state index contributed by atoms with van der Waals surface area (Å²) < 4.78 is 1.11. The van der Waals surface area contributed by atoms with Gasteiger partial charge in [0.2, 0.25) is 0 Å². The van der Waals surface area contributed by atoms with Gasteiger partial charge in [-0.2, -0.15) is 5.26 Å². The number of nitriles is 1. The maximum absolute atomic E-state index is 8.48. The lowest BCUT2D eigenvalue weighted by Gasteiger charge is -1.88. The molecule has 0 spiro atoms. The fourth-order valence-corrected chi connectivity index (χ4v) is 3.37.